The lowest BCUT2D eigenvalue weighted by Gasteiger charge is -2.30. The highest BCUT2D eigenvalue weighted by Crippen LogP contribution is 2.26. The number of aryl methyl sites for hydroxylation is 1. The van der Waals surface area contributed by atoms with Crippen LogP contribution >= 0.6 is 0 Å². The largest absolute Gasteiger partial charge is 0.373 e. The van der Waals surface area contributed by atoms with Gasteiger partial charge in [-0.05, 0) is 25.7 Å². The predicted molar refractivity (Wildman–Crippen MR) is 71.4 cm³/mol. The SMILES string of the molecule is CNc1cc(N[C@@H]2CCCC[C@H]2C)nc(C)n1. The molecule has 0 spiro atoms. The second kappa shape index (κ2) is 5.34. The molecule has 1 saturated carbocycles. The van der Waals surface area contributed by atoms with Gasteiger partial charge < -0.3 is 10.6 Å². The Kier molecular flexibility index (Phi) is 3.82. The minimum Gasteiger partial charge on any atom is -0.373 e. The van der Waals surface area contributed by atoms with Crippen LogP contribution in [0.3, 0.4) is 0 Å². The van der Waals surface area contributed by atoms with Gasteiger partial charge in [-0.2, -0.15) is 0 Å². The van der Waals surface area contributed by atoms with Gasteiger partial charge in [-0.1, -0.05) is 19.8 Å². The summed E-state index contributed by atoms with van der Waals surface area (Å²) in [5.41, 5.74) is 0. The van der Waals surface area contributed by atoms with E-state index in [1.165, 1.54) is 25.7 Å². The van der Waals surface area contributed by atoms with Crippen molar-refractivity contribution in [2.45, 2.75) is 45.6 Å². The molecule has 1 aliphatic carbocycles. The highest BCUT2D eigenvalue weighted by molar-refractivity contribution is 5.47. The van der Waals surface area contributed by atoms with Crippen molar-refractivity contribution in [1.29, 1.82) is 0 Å². The number of hydrogen-bond donors (Lipinski definition) is 2. The topological polar surface area (TPSA) is 49.8 Å². The van der Waals surface area contributed by atoms with Crippen LogP contribution in [0, 0.1) is 12.8 Å². The molecule has 17 heavy (non-hydrogen) atoms. The molecule has 2 atom stereocenters. The molecule has 0 aromatic carbocycles. The van der Waals surface area contributed by atoms with Crippen molar-refractivity contribution in [1.82, 2.24) is 9.97 Å². The van der Waals surface area contributed by atoms with Gasteiger partial charge in [-0.25, -0.2) is 9.97 Å². The summed E-state index contributed by atoms with van der Waals surface area (Å²) in [6, 6.07) is 2.54. The van der Waals surface area contributed by atoms with E-state index >= 15 is 0 Å². The van der Waals surface area contributed by atoms with E-state index in [0.717, 1.165) is 23.4 Å². The molecule has 1 heterocycles. The van der Waals surface area contributed by atoms with E-state index < -0.39 is 0 Å². The normalized spacial score (nSPS) is 24.4. The molecule has 0 unspecified atom stereocenters. The quantitative estimate of drug-likeness (QED) is 0.844. The lowest BCUT2D eigenvalue weighted by molar-refractivity contribution is 0.349. The molecule has 0 bridgehead atoms. The van der Waals surface area contributed by atoms with Crippen LogP contribution in [0.25, 0.3) is 0 Å². The van der Waals surface area contributed by atoms with Gasteiger partial charge in [-0.3, -0.25) is 0 Å². The summed E-state index contributed by atoms with van der Waals surface area (Å²) < 4.78 is 0. The number of aromatic nitrogens is 2. The highest BCUT2D eigenvalue weighted by atomic mass is 15.1. The minimum atomic E-state index is 0.558. The number of hydrogen-bond acceptors (Lipinski definition) is 4. The van der Waals surface area contributed by atoms with Crippen LogP contribution in [0.15, 0.2) is 6.07 Å². The zero-order chi connectivity index (χ0) is 12.3. The Morgan fingerprint density at radius 2 is 1.88 bits per heavy atom. The van der Waals surface area contributed by atoms with Crippen LogP contribution in [-0.4, -0.2) is 23.1 Å². The first kappa shape index (κ1) is 12.1. The third kappa shape index (κ3) is 3.08. The molecule has 2 rings (SSSR count). The molecule has 94 valence electrons. The zero-order valence-corrected chi connectivity index (χ0v) is 11.0. The maximum Gasteiger partial charge on any atom is 0.132 e. The van der Waals surface area contributed by atoms with E-state index in [1.54, 1.807) is 0 Å². The first-order valence-electron chi connectivity index (χ1n) is 6.49. The average molecular weight is 234 g/mol. The van der Waals surface area contributed by atoms with Gasteiger partial charge in [0.15, 0.2) is 0 Å². The smallest absolute Gasteiger partial charge is 0.132 e. The summed E-state index contributed by atoms with van der Waals surface area (Å²) in [4.78, 5) is 8.75. The molecule has 1 aromatic heterocycles. The van der Waals surface area contributed by atoms with Crippen molar-refractivity contribution in [2.75, 3.05) is 17.7 Å². The fourth-order valence-electron chi connectivity index (χ4n) is 2.49. The average Bonchev–Trinajstić information content (AvgIpc) is 2.31. The molecule has 0 radical (unpaired) electrons. The Morgan fingerprint density at radius 1 is 1.18 bits per heavy atom. The molecule has 4 heteroatoms. The molecule has 0 amide bonds. The van der Waals surface area contributed by atoms with Crippen molar-refractivity contribution < 1.29 is 0 Å². The Hall–Kier alpha value is -1.32. The van der Waals surface area contributed by atoms with Gasteiger partial charge in [0.05, 0.1) is 0 Å². The summed E-state index contributed by atoms with van der Waals surface area (Å²) in [7, 11) is 1.88. The van der Waals surface area contributed by atoms with Crippen molar-refractivity contribution in [3.63, 3.8) is 0 Å². The van der Waals surface area contributed by atoms with Crippen LogP contribution < -0.4 is 10.6 Å². The minimum absolute atomic E-state index is 0.558. The number of nitrogens with one attached hydrogen (secondary N) is 2. The predicted octanol–water partition coefficient (Wildman–Crippen LogP) is 2.82. The first-order chi connectivity index (χ1) is 8.19. The first-order valence-corrected chi connectivity index (χ1v) is 6.49. The molecule has 4 nitrogen and oxygen atoms in total. The summed E-state index contributed by atoms with van der Waals surface area (Å²) in [6.07, 6.45) is 5.26. The third-order valence-corrected chi connectivity index (χ3v) is 3.54. The molecular weight excluding hydrogens is 212 g/mol. The van der Waals surface area contributed by atoms with Crippen molar-refractivity contribution in [2.24, 2.45) is 5.92 Å². The molecule has 1 fully saturated rings. The fourth-order valence-corrected chi connectivity index (χ4v) is 2.49. The maximum atomic E-state index is 4.45. The molecule has 1 aliphatic rings. The third-order valence-electron chi connectivity index (χ3n) is 3.54. The summed E-state index contributed by atoms with van der Waals surface area (Å²) in [5, 5.41) is 6.62. The molecular formula is C13H22N4. The lowest BCUT2D eigenvalue weighted by Crippen LogP contribution is -2.30. The van der Waals surface area contributed by atoms with Gasteiger partial charge >= 0.3 is 0 Å². The van der Waals surface area contributed by atoms with E-state index in [4.69, 9.17) is 0 Å². The van der Waals surface area contributed by atoms with E-state index in [-0.39, 0.29) is 0 Å². The summed E-state index contributed by atoms with van der Waals surface area (Å²) in [6.45, 7) is 4.25. The van der Waals surface area contributed by atoms with Gasteiger partial charge in [0, 0.05) is 19.2 Å². The number of rotatable bonds is 3. The lowest BCUT2D eigenvalue weighted by atomic mass is 9.86. The van der Waals surface area contributed by atoms with Gasteiger partial charge in [-0.15, -0.1) is 0 Å². The molecule has 0 aliphatic heterocycles. The summed E-state index contributed by atoms with van der Waals surface area (Å²) in [5.74, 6) is 3.36. The van der Waals surface area contributed by atoms with Gasteiger partial charge in [0.25, 0.3) is 0 Å². The molecule has 0 saturated heterocycles. The van der Waals surface area contributed by atoms with E-state index in [0.29, 0.717) is 6.04 Å². The van der Waals surface area contributed by atoms with Crippen molar-refractivity contribution in [3.05, 3.63) is 11.9 Å². The number of nitrogens with zero attached hydrogens (tertiary/aromatic N) is 2. The van der Waals surface area contributed by atoms with Crippen LogP contribution in [0.1, 0.15) is 38.4 Å². The van der Waals surface area contributed by atoms with Crippen LogP contribution in [-0.2, 0) is 0 Å². The highest BCUT2D eigenvalue weighted by Gasteiger charge is 2.21. The van der Waals surface area contributed by atoms with Gasteiger partial charge in [0.2, 0.25) is 0 Å². The fraction of sp³-hybridized carbons (Fsp3) is 0.692. The Labute approximate surface area is 103 Å². The van der Waals surface area contributed by atoms with Crippen molar-refractivity contribution in [3.8, 4) is 0 Å². The second-order valence-corrected chi connectivity index (χ2v) is 4.95. The van der Waals surface area contributed by atoms with E-state index in [1.807, 2.05) is 20.0 Å². The zero-order valence-electron chi connectivity index (χ0n) is 11.0. The maximum absolute atomic E-state index is 4.45. The number of anilines is 2. The van der Waals surface area contributed by atoms with Gasteiger partial charge in [0.1, 0.15) is 17.5 Å². The van der Waals surface area contributed by atoms with Crippen molar-refractivity contribution >= 4 is 11.6 Å². The Balaban J connectivity index is 2.09. The van der Waals surface area contributed by atoms with Crippen LogP contribution in [0.5, 0.6) is 0 Å². The molecule has 1 aromatic rings. The van der Waals surface area contributed by atoms with Crippen LogP contribution in [0.4, 0.5) is 11.6 Å². The summed E-state index contributed by atoms with van der Waals surface area (Å²) >= 11 is 0. The van der Waals surface area contributed by atoms with Crippen LogP contribution in [0.2, 0.25) is 0 Å². The Bertz CT molecular complexity index is 378. The Morgan fingerprint density at radius 3 is 2.59 bits per heavy atom. The second-order valence-electron chi connectivity index (χ2n) is 4.95. The molecule has 2 N–H and O–H groups in total. The van der Waals surface area contributed by atoms with E-state index in [9.17, 15) is 0 Å². The standard InChI is InChI=1S/C13H22N4/c1-9-6-4-5-7-11(9)17-13-8-12(14-3)15-10(2)16-13/h8-9,11H,4-7H2,1-3H3,(H2,14,15,16,17)/t9-,11-/m1/s1. The van der Waals surface area contributed by atoms with E-state index in [2.05, 4.69) is 27.5 Å². The monoisotopic (exact) mass is 234 g/mol.